The van der Waals surface area contributed by atoms with E-state index in [0.717, 1.165) is 30.5 Å². The van der Waals surface area contributed by atoms with Crippen molar-refractivity contribution in [3.8, 4) is 11.3 Å². The number of amides is 2. The summed E-state index contributed by atoms with van der Waals surface area (Å²) in [6.45, 7) is 3.32. The summed E-state index contributed by atoms with van der Waals surface area (Å²) < 4.78 is 5.39. The van der Waals surface area contributed by atoms with Crippen LogP contribution in [0.15, 0.2) is 34.9 Å². The van der Waals surface area contributed by atoms with E-state index in [1.165, 1.54) is 12.8 Å². The molecule has 2 fully saturated rings. The zero-order valence-corrected chi connectivity index (χ0v) is 15.6. The molecule has 0 spiro atoms. The smallest absolute Gasteiger partial charge is 0.276 e. The monoisotopic (exact) mass is 367 g/mol. The SMILES string of the molecule is Cc1ccc(-c2cc(C(=O)N3CCCC[C@@H]3C(=O)NCC3CC3)no2)cc1. The highest BCUT2D eigenvalue weighted by Crippen LogP contribution is 2.28. The molecular weight excluding hydrogens is 342 g/mol. The minimum atomic E-state index is -0.412. The number of aromatic nitrogens is 1. The second-order valence-electron chi connectivity index (χ2n) is 7.64. The molecule has 1 N–H and O–H groups in total. The third-order valence-electron chi connectivity index (χ3n) is 5.39. The largest absolute Gasteiger partial charge is 0.355 e. The van der Waals surface area contributed by atoms with Crippen molar-refractivity contribution in [2.24, 2.45) is 5.92 Å². The number of nitrogens with zero attached hydrogens (tertiary/aromatic N) is 2. The predicted molar refractivity (Wildman–Crippen MR) is 101 cm³/mol. The van der Waals surface area contributed by atoms with Crippen LogP contribution in [0, 0.1) is 12.8 Å². The maximum Gasteiger partial charge on any atom is 0.276 e. The maximum atomic E-state index is 13.0. The van der Waals surface area contributed by atoms with Crippen LogP contribution in [0.5, 0.6) is 0 Å². The molecule has 2 aromatic rings. The van der Waals surface area contributed by atoms with Crippen LogP contribution in [0.1, 0.15) is 48.2 Å². The Labute approximate surface area is 158 Å². The average Bonchev–Trinajstić information content (AvgIpc) is 3.40. The molecule has 2 heterocycles. The van der Waals surface area contributed by atoms with Crippen molar-refractivity contribution in [3.05, 3.63) is 41.6 Å². The molecule has 1 atom stereocenters. The Kier molecular flexibility index (Phi) is 4.97. The number of benzene rings is 1. The molecule has 0 bridgehead atoms. The van der Waals surface area contributed by atoms with Crippen molar-refractivity contribution in [1.29, 1.82) is 0 Å². The zero-order valence-electron chi connectivity index (χ0n) is 15.6. The van der Waals surface area contributed by atoms with Gasteiger partial charge in [-0.25, -0.2) is 0 Å². The number of hydrogen-bond donors (Lipinski definition) is 1. The second-order valence-corrected chi connectivity index (χ2v) is 7.64. The van der Waals surface area contributed by atoms with E-state index in [0.29, 0.717) is 24.6 Å². The number of carbonyl (C=O) groups excluding carboxylic acids is 2. The number of nitrogens with one attached hydrogen (secondary N) is 1. The van der Waals surface area contributed by atoms with Gasteiger partial charge in [0, 0.05) is 24.7 Å². The van der Waals surface area contributed by atoms with Gasteiger partial charge in [0.25, 0.3) is 5.91 Å². The van der Waals surface area contributed by atoms with Gasteiger partial charge in [0.1, 0.15) is 6.04 Å². The number of rotatable bonds is 5. The van der Waals surface area contributed by atoms with Gasteiger partial charge >= 0.3 is 0 Å². The van der Waals surface area contributed by atoms with Crippen LogP contribution >= 0.6 is 0 Å². The second kappa shape index (κ2) is 7.55. The van der Waals surface area contributed by atoms with E-state index in [2.05, 4.69) is 10.5 Å². The molecule has 27 heavy (non-hydrogen) atoms. The highest BCUT2D eigenvalue weighted by Gasteiger charge is 2.34. The molecule has 1 saturated carbocycles. The van der Waals surface area contributed by atoms with E-state index in [1.54, 1.807) is 11.0 Å². The number of piperidine rings is 1. The van der Waals surface area contributed by atoms with E-state index >= 15 is 0 Å². The molecule has 1 aliphatic heterocycles. The lowest BCUT2D eigenvalue weighted by atomic mass is 10.0. The number of hydrogen-bond acceptors (Lipinski definition) is 4. The first-order valence-electron chi connectivity index (χ1n) is 9.74. The van der Waals surface area contributed by atoms with Crippen LogP contribution in [0.3, 0.4) is 0 Å². The van der Waals surface area contributed by atoms with Crippen LogP contribution < -0.4 is 5.32 Å². The fourth-order valence-electron chi connectivity index (χ4n) is 3.51. The van der Waals surface area contributed by atoms with Gasteiger partial charge in [-0.2, -0.15) is 0 Å². The van der Waals surface area contributed by atoms with Crippen LogP contribution in [0.25, 0.3) is 11.3 Å². The summed E-state index contributed by atoms with van der Waals surface area (Å²) in [6, 6.07) is 9.12. The lowest BCUT2D eigenvalue weighted by molar-refractivity contribution is -0.126. The first kappa shape index (κ1) is 17.8. The topological polar surface area (TPSA) is 75.4 Å². The summed E-state index contributed by atoms with van der Waals surface area (Å²) in [5, 5.41) is 6.98. The summed E-state index contributed by atoms with van der Waals surface area (Å²) in [4.78, 5) is 27.2. The van der Waals surface area contributed by atoms with Crippen molar-refractivity contribution in [1.82, 2.24) is 15.4 Å². The number of carbonyl (C=O) groups is 2. The van der Waals surface area contributed by atoms with Crippen LogP contribution in [0.4, 0.5) is 0 Å². The highest BCUT2D eigenvalue weighted by molar-refractivity contribution is 5.96. The summed E-state index contributed by atoms with van der Waals surface area (Å²) in [5.41, 5.74) is 2.29. The quantitative estimate of drug-likeness (QED) is 0.881. The Hall–Kier alpha value is -2.63. The summed E-state index contributed by atoms with van der Waals surface area (Å²) >= 11 is 0. The lowest BCUT2D eigenvalue weighted by Crippen LogP contribution is -2.52. The zero-order chi connectivity index (χ0) is 18.8. The van der Waals surface area contributed by atoms with Gasteiger partial charge in [-0.05, 0) is 44.9 Å². The Morgan fingerprint density at radius 1 is 1.19 bits per heavy atom. The number of likely N-dealkylation sites (tertiary alicyclic amines) is 1. The normalized spacial score (nSPS) is 19.7. The average molecular weight is 367 g/mol. The Bertz CT molecular complexity index is 823. The van der Waals surface area contributed by atoms with Gasteiger partial charge < -0.3 is 14.7 Å². The minimum absolute atomic E-state index is 0.0443. The van der Waals surface area contributed by atoms with Crippen molar-refractivity contribution in [2.45, 2.75) is 45.1 Å². The van der Waals surface area contributed by atoms with Crippen molar-refractivity contribution in [2.75, 3.05) is 13.1 Å². The molecule has 1 aliphatic carbocycles. The molecule has 142 valence electrons. The molecule has 2 amide bonds. The van der Waals surface area contributed by atoms with Crippen molar-refractivity contribution >= 4 is 11.8 Å². The minimum Gasteiger partial charge on any atom is -0.355 e. The Balaban J connectivity index is 1.48. The molecule has 1 saturated heterocycles. The standard InChI is InChI=1S/C21H25N3O3/c1-14-5-9-16(10-6-14)19-12-17(23-27-19)21(26)24-11-3-2-4-18(24)20(25)22-13-15-7-8-15/h5-6,9-10,12,15,18H,2-4,7-8,11,13H2,1H3,(H,22,25)/t18-/m1/s1. The molecule has 1 aromatic carbocycles. The van der Waals surface area contributed by atoms with Gasteiger partial charge in [0.2, 0.25) is 5.91 Å². The molecule has 0 radical (unpaired) electrons. The fraction of sp³-hybridized carbons (Fsp3) is 0.476. The molecule has 4 rings (SSSR count). The molecule has 2 aliphatic rings. The van der Waals surface area contributed by atoms with Crippen molar-refractivity contribution < 1.29 is 14.1 Å². The summed E-state index contributed by atoms with van der Waals surface area (Å²) in [5.74, 6) is 0.903. The highest BCUT2D eigenvalue weighted by atomic mass is 16.5. The maximum absolute atomic E-state index is 13.0. The van der Waals surface area contributed by atoms with Gasteiger partial charge in [-0.3, -0.25) is 9.59 Å². The molecule has 6 heteroatoms. The molecule has 1 aromatic heterocycles. The third-order valence-corrected chi connectivity index (χ3v) is 5.39. The van der Waals surface area contributed by atoms with Gasteiger partial charge in [0.15, 0.2) is 11.5 Å². The molecule has 6 nitrogen and oxygen atoms in total. The van der Waals surface area contributed by atoms with Crippen LogP contribution in [-0.4, -0.2) is 41.0 Å². The first-order chi connectivity index (χ1) is 13.1. The van der Waals surface area contributed by atoms with E-state index in [4.69, 9.17) is 4.52 Å². The van der Waals surface area contributed by atoms with Crippen LogP contribution in [0.2, 0.25) is 0 Å². The van der Waals surface area contributed by atoms with E-state index in [-0.39, 0.29) is 17.5 Å². The van der Waals surface area contributed by atoms with Crippen LogP contribution in [-0.2, 0) is 4.79 Å². The van der Waals surface area contributed by atoms with E-state index in [1.807, 2.05) is 31.2 Å². The first-order valence-corrected chi connectivity index (χ1v) is 9.74. The Morgan fingerprint density at radius 2 is 1.96 bits per heavy atom. The molecular formula is C21H25N3O3. The van der Waals surface area contributed by atoms with Gasteiger partial charge in [-0.15, -0.1) is 0 Å². The van der Waals surface area contributed by atoms with Gasteiger partial charge in [0.05, 0.1) is 0 Å². The van der Waals surface area contributed by atoms with Gasteiger partial charge in [-0.1, -0.05) is 35.0 Å². The number of aryl methyl sites for hydroxylation is 1. The molecule has 0 unspecified atom stereocenters. The predicted octanol–water partition coefficient (Wildman–Crippen LogP) is 3.17. The third kappa shape index (κ3) is 4.04. The van der Waals surface area contributed by atoms with E-state index < -0.39 is 6.04 Å². The van der Waals surface area contributed by atoms with Crippen molar-refractivity contribution in [3.63, 3.8) is 0 Å². The fourth-order valence-corrected chi connectivity index (χ4v) is 3.51. The lowest BCUT2D eigenvalue weighted by Gasteiger charge is -2.34. The summed E-state index contributed by atoms with van der Waals surface area (Å²) in [7, 11) is 0. The van der Waals surface area contributed by atoms with E-state index in [9.17, 15) is 9.59 Å². The Morgan fingerprint density at radius 3 is 2.70 bits per heavy atom. The summed E-state index contributed by atoms with van der Waals surface area (Å²) in [6.07, 6.45) is 4.94.